The van der Waals surface area contributed by atoms with Gasteiger partial charge in [0.1, 0.15) is 17.2 Å². The molecule has 0 spiro atoms. The summed E-state index contributed by atoms with van der Waals surface area (Å²) in [4.78, 5) is 7.52. The number of fused-ring (bicyclic) bond motifs is 6. The third-order valence-corrected chi connectivity index (χ3v) is 23.0. The lowest BCUT2D eigenvalue weighted by Crippen LogP contribution is -2.34. The second-order valence-electron chi connectivity index (χ2n) is 29.9. The van der Waals surface area contributed by atoms with Gasteiger partial charge in [-0.2, -0.15) is 0 Å². The lowest BCUT2D eigenvalue weighted by molar-refractivity contribution is 0.161. The summed E-state index contributed by atoms with van der Waals surface area (Å²) in [6, 6.07) is 87.2. The number of methoxy groups -OCH3 is 4. The van der Waals surface area contributed by atoms with Gasteiger partial charge in [-0.15, -0.1) is 0 Å². The molecule has 111 heavy (non-hydrogen) atoms. The van der Waals surface area contributed by atoms with Crippen molar-refractivity contribution in [2.24, 2.45) is 0 Å². The van der Waals surface area contributed by atoms with E-state index in [4.69, 9.17) is 33.2 Å². The van der Waals surface area contributed by atoms with Crippen molar-refractivity contribution >= 4 is 50.8 Å². The molecule has 0 amide bonds. The van der Waals surface area contributed by atoms with Gasteiger partial charge in [0.15, 0.2) is 34.2 Å². The van der Waals surface area contributed by atoms with Crippen LogP contribution < -0.4 is 47.9 Å². The van der Waals surface area contributed by atoms with Gasteiger partial charge in [-0.3, -0.25) is 0 Å². The van der Waals surface area contributed by atoms with Crippen LogP contribution in [0.2, 0.25) is 0 Å². The van der Waals surface area contributed by atoms with Crippen molar-refractivity contribution in [3.63, 3.8) is 0 Å². The highest BCUT2D eigenvalue weighted by Gasteiger charge is 2.40. The van der Waals surface area contributed by atoms with Crippen LogP contribution in [0.5, 0.6) is 40.2 Å². The van der Waals surface area contributed by atoms with Gasteiger partial charge in [-0.1, -0.05) is 211 Å². The lowest BCUT2D eigenvalue weighted by atomic mass is 9.82. The summed E-state index contributed by atoms with van der Waals surface area (Å²) in [6.45, 7) is 14.2. The van der Waals surface area contributed by atoms with Crippen LogP contribution in [0.1, 0.15) is 138 Å². The predicted octanol–water partition coefficient (Wildman–Crippen LogP) is 25.0. The summed E-state index contributed by atoms with van der Waals surface area (Å²) < 4.78 is 44.0. The summed E-state index contributed by atoms with van der Waals surface area (Å²) in [7, 11) is 6.76. The Balaban J connectivity index is 0.000000176. The highest BCUT2D eigenvalue weighted by Crippen LogP contribution is 2.52. The Labute approximate surface area is 657 Å². The van der Waals surface area contributed by atoms with E-state index in [2.05, 4.69) is 302 Å². The molecule has 0 saturated carbocycles. The lowest BCUT2D eigenvalue weighted by Gasteiger charge is -2.37. The average Bonchev–Trinajstić information content (AvgIpc) is 0.901. The third kappa shape index (κ3) is 15.9. The van der Waals surface area contributed by atoms with Gasteiger partial charge in [0.05, 0.1) is 35.0 Å². The van der Waals surface area contributed by atoms with Crippen molar-refractivity contribution in [1.29, 1.82) is 0 Å². The fourth-order valence-electron chi connectivity index (χ4n) is 16.7. The van der Waals surface area contributed by atoms with Crippen molar-refractivity contribution in [1.82, 2.24) is 0 Å². The molecule has 0 radical (unpaired) electrons. The molecule has 2 unspecified atom stereocenters. The summed E-state index contributed by atoms with van der Waals surface area (Å²) in [6.07, 6.45) is 24.8. The highest BCUT2D eigenvalue weighted by atomic mass is 16.5. The Hall–Kier alpha value is -11.4. The first kappa shape index (κ1) is 75.1. The maximum absolute atomic E-state index is 7.35. The van der Waals surface area contributed by atoms with Crippen LogP contribution in [0.3, 0.4) is 0 Å². The second-order valence-corrected chi connectivity index (χ2v) is 29.9. The smallest absolute Gasteiger partial charge is 0.178 e. The Morgan fingerprint density at radius 1 is 0.351 bits per heavy atom. The second kappa shape index (κ2) is 34.7. The van der Waals surface area contributed by atoms with E-state index in [9.17, 15) is 0 Å². The zero-order chi connectivity index (χ0) is 76.1. The molecule has 4 heterocycles. The molecular weight excluding hydrogens is 1370 g/mol. The summed E-state index contributed by atoms with van der Waals surface area (Å²) >= 11 is 0. The van der Waals surface area contributed by atoms with E-state index in [0.717, 1.165) is 158 Å². The standard InChI is InChI=1S/C51H54N2O3.C50H51NO4/c1-5-7-30-52(31-8-6-2)42-24-20-38(21-25-42)37-16-18-39(19-17-37)45-34-48-44(46-35-49(54-3)50(55-4)36-47(45)46)28-29-51(56-48,40-14-10-9-11-15-40)41-22-26-43(27-23-41)53-32-12-13-33-53;1-4-5-6-13-32-54-42-26-20-37(21-27-42)36-16-18-38(19-17-36)44-33-47-43(45-34-48(52-2)49(53-3)35-46(44)45)28-29-50(55-47,39-14-9-7-10-15-39)40-22-24-41(25-23-40)51-30-11-8-12-31-51/h9-11,14-29,34-36H,5-8,12-13,30-33H2,1-4H3;7,9-10,14-29,33-35H,4-6,8,11-13,30-32H2,1-3H3. The minimum absolute atomic E-state index is 0.680. The van der Waals surface area contributed by atoms with Crippen LogP contribution in [0.4, 0.5) is 17.1 Å². The van der Waals surface area contributed by atoms with Crippen molar-refractivity contribution < 1.29 is 33.2 Å². The van der Waals surface area contributed by atoms with E-state index in [0.29, 0.717) is 23.0 Å². The molecule has 0 N–H and O–H groups in total. The molecule has 566 valence electrons. The van der Waals surface area contributed by atoms with E-state index in [1.54, 1.807) is 28.4 Å². The van der Waals surface area contributed by atoms with Crippen molar-refractivity contribution in [3.8, 4) is 84.8 Å². The molecule has 0 bridgehead atoms. The van der Waals surface area contributed by atoms with E-state index in [1.165, 1.54) is 105 Å². The first-order chi connectivity index (χ1) is 54.6. The molecule has 4 aliphatic heterocycles. The zero-order valence-electron chi connectivity index (χ0n) is 65.7. The number of ether oxygens (including phenoxy) is 7. The van der Waals surface area contributed by atoms with Crippen molar-refractivity contribution in [2.75, 3.05) is 89.0 Å². The monoisotopic (exact) mass is 1470 g/mol. The minimum atomic E-state index is -0.814. The number of piperidine rings is 1. The van der Waals surface area contributed by atoms with E-state index < -0.39 is 11.2 Å². The number of hydrogen-bond donors (Lipinski definition) is 0. The normalized spacial score (nSPS) is 16.2. The van der Waals surface area contributed by atoms with Gasteiger partial charge in [0.25, 0.3) is 0 Å². The van der Waals surface area contributed by atoms with E-state index in [1.807, 2.05) is 0 Å². The number of nitrogens with zero attached hydrogens (tertiary/aromatic N) is 3. The number of hydrogen-bond acceptors (Lipinski definition) is 10. The fraction of sp³-hybridized carbons (Fsp3) is 0.287. The molecule has 10 nitrogen and oxygen atoms in total. The van der Waals surface area contributed by atoms with Crippen LogP contribution in [0.15, 0.2) is 255 Å². The molecule has 2 saturated heterocycles. The minimum Gasteiger partial charge on any atom is -0.494 e. The molecule has 2 atom stereocenters. The van der Waals surface area contributed by atoms with Gasteiger partial charge in [0.2, 0.25) is 0 Å². The van der Waals surface area contributed by atoms with E-state index in [-0.39, 0.29) is 0 Å². The number of benzene rings is 12. The largest absolute Gasteiger partial charge is 0.494 e. The molecule has 12 aromatic carbocycles. The molecule has 4 aliphatic rings. The topological polar surface area (TPSA) is 74.3 Å². The van der Waals surface area contributed by atoms with Crippen molar-refractivity contribution in [3.05, 3.63) is 288 Å². The van der Waals surface area contributed by atoms with Gasteiger partial charge < -0.3 is 47.9 Å². The van der Waals surface area contributed by atoms with Crippen LogP contribution in [-0.2, 0) is 11.2 Å². The van der Waals surface area contributed by atoms with Gasteiger partial charge in [-0.25, -0.2) is 0 Å². The molecule has 16 rings (SSSR count). The molecular formula is C101H105N3O7. The maximum atomic E-state index is 7.35. The van der Waals surface area contributed by atoms with Crippen LogP contribution >= 0.6 is 0 Å². The average molecular weight is 1470 g/mol. The first-order valence-electron chi connectivity index (χ1n) is 40.5. The Kier molecular flexibility index (Phi) is 23.5. The van der Waals surface area contributed by atoms with Gasteiger partial charge in [-0.05, 0) is 227 Å². The molecule has 12 aromatic rings. The maximum Gasteiger partial charge on any atom is 0.178 e. The quantitative estimate of drug-likeness (QED) is 0.0465. The summed E-state index contributed by atoms with van der Waals surface area (Å²) in [5, 5.41) is 4.23. The number of anilines is 3. The van der Waals surface area contributed by atoms with Crippen LogP contribution in [0.25, 0.3) is 78.2 Å². The molecule has 2 fully saturated rings. The third-order valence-electron chi connectivity index (χ3n) is 23.0. The van der Waals surface area contributed by atoms with Crippen LogP contribution in [0, 0.1) is 0 Å². The first-order valence-corrected chi connectivity index (χ1v) is 40.5. The number of unbranched alkanes of at least 4 members (excludes halogenated alkanes) is 5. The predicted molar refractivity (Wildman–Crippen MR) is 462 cm³/mol. The Bertz CT molecular complexity index is 5160. The Morgan fingerprint density at radius 3 is 1.11 bits per heavy atom. The Morgan fingerprint density at radius 2 is 0.712 bits per heavy atom. The van der Waals surface area contributed by atoms with Gasteiger partial charge in [0, 0.05) is 89.7 Å². The SMILES string of the molecule is CCCCCCOc1ccc(-c2ccc(-c3cc4c(c5cc(OC)c(OC)cc35)C=CC(c3ccccc3)(c3ccc(N5CCCCC5)cc3)O4)cc2)cc1.CCCCN(CCCC)c1ccc(-c2ccc(-c3cc4c(c5cc(OC)c(OC)cc35)C=CC(c3ccccc3)(c3ccc(N5CCCC5)cc3)O4)cc2)cc1. The fourth-order valence-corrected chi connectivity index (χ4v) is 16.7. The molecule has 0 aromatic heterocycles. The molecule has 10 heteroatoms. The zero-order valence-corrected chi connectivity index (χ0v) is 65.7. The summed E-state index contributed by atoms with van der Waals surface area (Å²) in [5.41, 5.74) is 17.6. The van der Waals surface area contributed by atoms with E-state index >= 15 is 0 Å². The van der Waals surface area contributed by atoms with Gasteiger partial charge >= 0.3 is 0 Å². The van der Waals surface area contributed by atoms with Crippen LogP contribution in [-0.4, -0.2) is 74.3 Å². The summed E-state index contributed by atoms with van der Waals surface area (Å²) in [5.74, 6) is 5.31. The van der Waals surface area contributed by atoms with Crippen molar-refractivity contribution in [2.45, 2.75) is 115 Å². The molecule has 0 aliphatic carbocycles. The number of rotatable bonds is 27. The highest BCUT2D eigenvalue weighted by molar-refractivity contribution is 6.07.